The lowest BCUT2D eigenvalue weighted by atomic mass is 9.96. The maximum atomic E-state index is 12.9. The molecule has 1 saturated heterocycles. The van der Waals surface area contributed by atoms with Gasteiger partial charge in [0.1, 0.15) is 0 Å². The van der Waals surface area contributed by atoms with Gasteiger partial charge >= 0.3 is 0 Å². The number of methoxy groups -OCH3 is 1. The Balaban J connectivity index is 1.62. The maximum Gasteiger partial charge on any atom is 0.255 e. The van der Waals surface area contributed by atoms with Crippen molar-refractivity contribution in [2.75, 3.05) is 33.4 Å². The van der Waals surface area contributed by atoms with Crippen LogP contribution in [-0.4, -0.2) is 61.0 Å². The number of rotatable bonds is 5. The predicted molar refractivity (Wildman–Crippen MR) is 86.2 cm³/mol. The van der Waals surface area contributed by atoms with E-state index in [0.717, 1.165) is 24.0 Å². The minimum Gasteiger partial charge on any atom is -0.382 e. The quantitative estimate of drug-likeness (QED) is 0.828. The number of benzene rings is 1. The highest BCUT2D eigenvalue weighted by atomic mass is 16.5. The van der Waals surface area contributed by atoms with Gasteiger partial charge in [0.05, 0.1) is 19.3 Å². The van der Waals surface area contributed by atoms with Gasteiger partial charge in [-0.25, -0.2) is 0 Å². The van der Waals surface area contributed by atoms with E-state index in [1.165, 1.54) is 0 Å². The van der Waals surface area contributed by atoms with Crippen molar-refractivity contribution in [3.63, 3.8) is 0 Å². The summed E-state index contributed by atoms with van der Waals surface area (Å²) in [6.07, 6.45) is 2.72. The van der Waals surface area contributed by atoms with Crippen molar-refractivity contribution < 1.29 is 19.4 Å². The van der Waals surface area contributed by atoms with Crippen LogP contribution in [0.4, 0.5) is 0 Å². The SMILES string of the molecule is COCCOC1CCCN(C(=O)C2(O)Cc3ccccc3C2)C1. The molecule has 23 heavy (non-hydrogen) atoms. The van der Waals surface area contributed by atoms with Crippen molar-refractivity contribution in [3.8, 4) is 0 Å². The third-order valence-electron chi connectivity index (χ3n) is 4.79. The molecule has 0 aromatic heterocycles. The molecule has 0 spiro atoms. The smallest absolute Gasteiger partial charge is 0.255 e. The molecule has 2 aliphatic rings. The molecule has 1 aromatic rings. The van der Waals surface area contributed by atoms with Crippen LogP contribution in [0.15, 0.2) is 24.3 Å². The number of ether oxygens (including phenoxy) is 2. The van der Waals surface area contributed by atoms with Crippen LogP contribution in [0.1, 0.15) is 24.0 Å². The van der Waals surface area contributed by atoms with E-state index in [4.69, 9.17) is 9.47 Å². The first-order valence-corrected chi connectivity index (χ1v) is 8.31. The van der Waals surface area contributed by atoms with E-state index >= 15 is 0 Å². The molecule has 1 atom stereocenters. The fraction of sp³-hybridized carbons (Fsp3) is 0.611. The second-order valence-corrected chi connectivity index (χ2v) is 6.53. The van der Waals surface area contributed by atoms with Gasteiger partial charge in [-0.15, -0.1) is 0 Å². The Morgan fingerprint density at radius 3 is 2.65 bits per heavy atom. The number of amides is 1. The molecule has 5 heteroatoms. The second kappa shape index (κ2) is 6.99. The average molecular weight is 319 g/mol. The highest BCUT2D eigenvalue weighted by molar-refractivity contribution is 5.87. The van der Waals surface area contributed by atoms with Gasteiger partial charge < -0.3 is 19.5 Å². The van der Waals surface area contributed by atoms with Crippen LogP contribution in [0, 0.1) is 0 Å². The van der Waals surface area contributed by atoms with Crippen molar-refractivity contribution in [2.24, 2.45) is 0 Å². The zero-order chi connectivity index (χ0) is 16.3. The van der Waals surface area contributed by atoms with Crippen LogP contribution >= 0.6 is 0 Å². The number of hydrogen-bond donors (Lipinski definition) is 1. The molecule has 1 aliphatic heterocycles. The number of piperidine rings is 1. The first-order valence-electron chi connectivity index (χ1n) is 8.31. The monoisotopic (exact) mass is 319 g/mol. The van der Waals surface area contributed by atoms with Crippen LogP contribution in [0.2, 0.25) is 0 Å². The Bertz CT molecular complexity index is 535. The van der Waals surface area contributed by atoms with Gasteiger partial charge in [0, 0.05) is 33.0 Å². The lowest BCUT2D eigenvalue weighted by Crippen LogP contribution is -2.54. The van der Waals surface area contributed by atoms with Gasteiger partial charge in [0.2, 0.25) is 0 Å². The number of fused-ring (bicyclic) bond motifs is 1. The Kier molecular flexibility index (Phi) is 4.99. The van der Waals surface area contributed by atoms with Crippen molar-refractivity contribution >= 4 is 5.91 Å². The van der Waals surface area contributed by atoms with Crippen molar-refractivity contribution in [2.45, 2.75) is 37.4 Å². The number of hydrogen-bond acceptors (Lipinski definition) is 4. The molecule has 5 nitrogen and oxygen atoms in total. The number of carbonyl (C=O) groups excluding carboxylic acids is 1. The van der Waals surface area contributed by atoms with E-state index in [2.05, 4.69) is 0 Å². The van der Waals surface area contributed by atoms with Crippen LogP contribution in [0.5, 0.6) is 0 Å². The summed E-state index contributed by atoms with van der Waals surface area (Å²) in [6, 6.07) is 7.89. The van der Waals surface area contributed by atoms with E-state index in [-0.39, 0.29) is 12.0 Å². The minimum atomic E-state index is -1.29. The predicted octanol–water partition coefficient (Wildman–Crippen LogP) is 1.17. The molecule has 0 radical (unpaired) electrons. The molecule has 0 saturated carbocycles. The van der Waals surface area contributed by atoms with Gasteiger partial charge in [0.15, 0.2) is 5.60 Å². The molecule has 1 heterocycles. The fourth-order valence-corrected chi connectivity index (χ4v) is 3.60. The van der Waals surface area contributed by atoms with E-state index in [0.29, 0.717) is 39.1 Å². The van der Waals surface area contributed by atoms with Crippen molar-refractivity contribution in [1.82, 2.24) is 4.90 Å². The van der Waals surface area contributed by atoms with E-state index in [1.54, 1.807) is 12.0 Å². The highest BCUT2D eigenvalue weighted by Crippen LogP contribution is 2.32. The number of likely N-dealkylation sites (tertiary alicyclic amines) is 1. The number of nitrogens with zero attached hydrogens (tertiary/aromatic N) is 1. The van der Waals surface area contributed by atoms with Gasteiger partial charge in [-0.3, -0.25) is 4.79 Å². The van der Waals surface area contributed by atoms with Gasteiger partial charge in [-0.05, 0) is 24.0 Å². The van der Waals surface area contributed by atoms with Crippen molar-refractivity contribution in [1.29, 1.82) is 0 Å². The molecule has 1 aliphatic carbocycles. The lowest BCUT2D eigenvalue weighted by molar-refractivity contribution is -0.154. The first kappa shape index (κ1) is 16.4. The lowest BCUT2D eigenvalue weighted by Gasteiger charge is -2.36. The summed E-state index contributed by atoms with van der Waals surface area (Å²) in [6.45, 7) is 2.35. The summed E-state index contributed by atoms with van der Waals surface area (Å²) in [7, 11) is 1.65. The number of carbonyl (C=O) groups is 1. The number of aliphatic hydroxyl groups is 1. The van der Waals surface area contributed by atoms with Crippen LogP contribution in [-0.2, 0) is 27.1 Å². The summed E-state index contributed by atoms with van der Waals surface area (Å²) in [5.41, 5.74) is 0.861. The Labute approximate surface area is 137 Å². The molecule has 1 aromatic carbocycles. The van der Waals surface area contributed by atoms with Gasteiger partial charge in [-0.1, -0.05) is 24.3 Å². The van der Waals surface area contributed by atoms with Gasteiger partial charge in [-0.2, -0.15) is 0 Å². The highest BCUT2D eigenvalue weighted by Gasteiger charge is 2.45. The summed E-state index contributed by atoms with van der Waals surface area (Å²) in [4.78, 5) is 14.6. The third kappa shape index (κ3) is 3.57. The molecule has 1 N–H and O–H groups in total. The zero-order valence-electron chi connectivity index (χ0n) is 13.7. The summed E-state index contributed by atoms with van der Waals surface area (Å²) >= 11 is 0. The molecule has 3 rings (SSSR count). The summed E-state index contributed by atoms with van der Waals surface area (Å²) in [5.74, 6) is -0.159. The van der Waals surface area contributed by atoms with Crippen LogP contribution < -0.4 is 0 Å². The standard InChI is InChI=1S/C18H25NO4/c1-22-9-10-23-16-7-4-8-19(13-16)17(20)18(21)11-14-5-2-3-6-15(14)12-18/h2-3,5-6,16,21H,4,7-13H2,1H3. The van der Waals surface area contributed by atoms with Gasteiger partial charge in [0.25, 0.3) is 5.91 Å². The van der Waals surface area contributed by atoms with Crippen LogP contribution in [0.25, 0.3) is 0 Å². The summed E-state index contributed by atoms with van der Waals surface area (Å²) in [5, 5.41) is 10.9. The van der Waals surface area contributed by atoms with Crippen LogP contribution in [0.3, 0.4) is 0 Å². The van der Waals surface area contributed by atoms with Crippen molar-refractivity contribution in [3.05, 3.63) is 35.4 Å². The Morgan fingerprint density at radius 2 is 2.00 bits per heavy atom. The third-order valence-corrected chi connectivity index (χ3v) is 4.79. The minimum absolute atomic E-state index is 0.0372. The molecule has 1 fully saturated rings. The average Bonchev–Trinajstić information content (AvgIpc) is 2.92. The normalized spacial score (nSPS) is 22.9. The first-order chi connectivity index (χ1) is 11.1. The molecule has 1 amide bonds. The summed E-state index contributed by atoms with van der Waals surface area (Å²) < 4.78 is 10.8. The molecular weight excluding hydrogens is 294 g/mol. The van der Waals surface area contributed by atoms with E-state index in [9.17, 15) is 9.90 Å². The topological polar surface area (TPSA) is 59.0 Å². The largest absolute Gasteiger partial charge is 0.382 e. The Hall–Kier alpha value is -1.43. The zero-order valence-corrected chi connectivity index (χ0v) is 13.7. The second-order valence-electron chi connectivity index (χ2n) is 6.53. The fourth-order valence-electron chi connectivity index (χ4n) is 3.60. The van der Waals surface area contributed by atoms with E-state index in [1.807, 2.05) is 24.3 Å². The maximum absolute atomic E-state index is 12.9. The molecule has 126 valence electrons. The molecular formula is C18H25NO4. The Morgan fingerprint density at radius 1 is 1.30 bits per heavy atom. The molecule has 1 unspecified atom stereocenters. The molecule has 0 bridgehead atoms. The van der Waals surface area contributed by atoms with E-state index < -0.39 is 5.60 Å².